The molecule has 2 rings (SSSR count). The maximum absolute atomic E-state index is 11.6. The summed E-state index contributed by atoms with van der Waals surface area (Å²) in [4.78, 5) is 6.27. The number of halogens is 2. The number of nitrogens with one attached hydrogen (secondary N) is 1. The lowest BCUT2D eigenvalue weighted by atomic mass is 10.3. The van der Waals surface area contributed by atoms with Gasteiger partial charge >= 0.3 is 0 Å². The van der Waals surface area contributed by atoms with Gasteiger partial charge in [0.2, 0.25) is 0 Å². The summed E-state index contributed by atoms with van der Waals surface area (Å²) in [6.45, 7) is 2.24. The molecule has 5 nitrogen and oxygen atoms in total. The summed E-state index contributed by atoms with van der Waals surface area (Å²) in [5.41, 5.74) is 0. The Hall–Kier alpha value is -0.720. The molecule has 0 aromatic carbocycles. The van der Waals surface area contributed by atoms with E-state index in [1.54, 1.807) is 13.1 Å². The summed E-state index contributed by atoms with van der Waals surface area (Å²) in [6.07, 6.45) is 0. The Morgan fingerprint density at radius 1 is 1.42 bits per heavy atom. The third kappa shape index (κ3) is 3.07. The van der Waals surface area contributed by atoms with Gasteiger partial charge in [0.05, 0.1) is 21.6 Å². The number of rotatable bonds is 2. The topological polar surface area (TPSA) is 62.3 Å². The average Bonchev–Trinajstić information content (AvgIpc) is 2.29. The molecular weight excluding hydrogens is 309 g/mol. The van der Waals surface area contributed by atoms with Crippen molar-refractivity contribution in [3.63, 3.8) is 0 Å². The van der Waals surface area contributed by atoms with Crippen molar-refractivity contribution >= 4 is 44.7 Å². The molecule has 106 valence electrons. The third-order valence-electron chi connectivity index (χ3n) is 3.09. The van der Waals surface area contributed by atoms with Crippen LogP contribution in [-0.4, -0.2) is 44.5 Å². The maximum atomic E-state index is 11.6. The van der Waals surface area contributed by atoms with E-state index in [1.165, 1.54) is 0 Å². The fourth-order valence-corrected chi connectivity index (χ4v) is 4.26. The van der Waals surface area contributed by atoms with Crippen LogP contribution >= 0.6 is 23.2 Å². The highest BCUT2D eigenvalue weighted by molar-refractivity contribution is 7.91. The molecule has 1 aliphatic rings. The number of aromatic nitrogens is 1. The summed E-state index contributed by atoms with van der Waals surface area (Å²) in [7, 11) is -1.25. The van der Waals surface area contributed by atoms with E-state index in [4.69, 9.17) is 23.2 Å². The predicted molar refractivity (Wildman–Crippen MR) is 79.3 cm³/mol. The van der Waals surface area contributed by atoms with E-state index >= 15 is 0 Å². The highest BCUT2D eigenvalue weighted by atomic mass is 35.5. The van der Waals surface area contributed by atoms with E-state index in [1.807, 2.05) is 11.8 Å². The van der Waals surface area contributed by atoms with Crippen LogP contribution in [0.2, 0.25) is 10.0 Å². The minimum Gasteiger partial charge on any atom is -0.372 e. The molecule has 1 aromatic heterocycles. The Balaban J connectivity index is 2.37. The largest absolute Gasteiger partial charge is 0.372 e. The molecular formula is C11H15Cl2N3O2S. The Bertz CT molecular complexity index is 592. The molecule has 1 N–H and O–H groups in total. The lowest BCUT2D eigenvalue weighted by Gasteiger charge is -2.34. The SMILES string of the molecule is CNc1nc(N2CCS(=O)(=O)CC2C)c(Cl)cc1Cl. The van der Waals surface area contributed by atoms with Gasteiger partial charge in [-0.15, -0.1) is 0 Å². The Labute approximate surface area is 122 Å². The van der Waals surface area contributed by atoms with Crippen LogP contribution in [0.3, 0.4) is 0 Å². The highest BCUT2D eigenvalue weighted by Crippen LogP contribution is 2.33. The van der Waals surface area contributed by atoms with Gasteiger partial charge in [0.1, 0.15) is 11.6 Å². The number of anilines is 2. The van der Waals surface area contributed by atoms with Crippen molar-refractivity contribution in [3.05, 3.63) is 16.1 Å². The van der Waals surface area contributed by atoms with Crippen molar-refractivity contribution in [2.75, 3.05) is 35.3 Å². The summed E-state index contributed by atoms with van der Waals surface area (Å²) in [5.74, 6) is 1.33. The monoisotopic (exact) mass is 323 g/mol. The van der Waals surface area contributed by atoms with Crippen LogP contribution in [0, 0.1) is 0 Å². The van der Waals surface area contributed by atoms with E-state index in [2.05, 4.69) is 10.3 Å². The van der Waals surface area contributed by atoms with Crippen LogP contribution in [0.5, 0.6) is 0 Å². The van der Waals surface area contributed by atoms with Gasteiger partial charge in [-0.2, -0.15) is 0 Å². The molecule has 1 saturated heterocycles. The first-order chi connectivity index (χ1) is 8.84. The maximum Gasteiger partial charge on any atom is 0.154 e. The molecule has 1 aliphatic heterocycles. The lowest BCUT2D eigenvalue weighted by Crippen LogP contribution is -2.47. The van der Waals surface area contributed by atoms with E-state index < -0.39 is 9.84 Å². The van der Waals surface area contributed by atoms with Crippen molar-refractivity contribution in [2.24, 2.45) is 0 Å². The van der Waals surface area contributed by atoms with Crippen LogP contribution in [0.15, 0.2) is 6.07 Å². The molecule has 2 heterocycles. The van der Waals surface area contributed by atoms with Gasteiger partial charge in [0, 0.05) is 19.6 Å². The van der Waals surface area contributed by atoms with Crippen LogP contribution in [-0.2, 0) is 9.84 Å². The third-order valence-corrected chi connectivity index (χ3v) is 5.45. The first kappa shape index (κ1) is 14.7. The fourth-order valence-electron chi connectivity index (χ4n) is 2.15. The molecule has 1 fully saturated rings. The lowest BCUT2D eigenvalue weighted by molar-refractivity contribution is 0.567. The summed E-state index contributed by atoms with van der Waals surface area (Å²) in [5, 5.41) is 3.75. The molecule has 0 spiro atoms. The molecule has 19 heavy (non-hydrogen) atoms. The molecule has 1 aromatic rings. The van der Waals surface area contributed by atoms with Crippen molar-refractivity contribution in [2.45, 2.75) is 13.0 Å². The van der Waals surface area contributed by atoms with Crippen LogP contribution in [0.1, 0.15) is 6.92 Å². The average molecular weight is 324 g/mol. The van der Waals surface area contributed by atoms with Gasteiger partial charge in [-0.3, -0.25) is 0 Å². The van der Waals surface area contributed by atoms with Crippen molar-refractivity contribution in [1.82, 2.24) is 4.98 Å². The van der Waals surface area contributed by atoms with Crippen molar-refractivity contribution in [1.29, 1.82) is 0 Å². The normalized spacial score (nSPS) is 22.3. The van der Waals surface area contributed by atoms with Crippen LogP contribution < -0.4 is 10.2 Å². The smallest absolute Gasteiger partial charge is 0.154 e. The van der Waals surface area contributed by atoms with Crippen LogP contribution in [0.25, 0.3) is 0 Å². The van der Waals surface area contributed by atoms with Gasteiger partial charge in [0.25, 0.3) is 0 Å². The summed E-state index contributed by atoms with van der Waals surface area (Å²) < 4.78 is 23.2. The second-order valence-electron chi connectivity index (χ2n) is 4.53. The van der Waals surface area contributed by atoms with E-state index in [0.29, 0.717) is 28.2 Å². The predicted octanol–water partition coefficient (Wildman–Crippen LogP) is 2.05. The second-order valence-corrected chi connectivity index (χ2v) is 7.57. The molecule has 0 bridgehead atoms. The molecule has 0 amide bonds. The second kappa shape index (κ2) is 5.34. The number of sulfone groups is 1. The van der Waals surface area contributed by atoms with E-state index in [9.17, 15) is 8.42 Å². The zero-order valence-corrected chi connectivity index (χ0v) is 13.0. The molecule has 8 heteroatoms. The van der Waals surface area contributed by atoms with E-state index in [-0.39, 0.29) is 17.5 Å². The Morgan fingerprint density at radius 2 is 2.11 bits per heavy atom. The van der Waals surface area contributed by atoms with Gasteiger partial charge in [0.15, 0.2) is 9.84 Å². The Morgan fingerprint density at radius 3 is 2.68 bits per heavy atom. The van der Waals surface area contributed by atoms with Crippen molar-refractivity contribution < 1.29 is 8.42 Å². The zero-order valence-electron chi connectivity index (χ0n) is 10.7. The van der Waals surface area contributed by atoms with Crippen LogP contribution in [0.4, 0.5) is 11.6 Å². The molecule has 1 unspecified atom stereocenters. The minimum atomic E-state index is -2.96. The number of nitrogens with zero attached hydrogens (tertiary/aromatic N) is 2. The summed E-state index contributed by atoms with van der Waals surface area (Å²) in [6, 6.07) is 1.46. The quantitative estimate of drug-likeness (QED) is 0.902. The van der Waals surface area contributed by atoms with E-state index in [0.717, 1.165) is 0 Å². The number of hydrogen-bond donors (Lipinski definition) is 1. The highest BCUT2D eigenvalue weighted by Gasteiger charge is 2.30. The molecule has 0 radical (unpaired) electrons. The number of pyridine rings is 1. The van der Waals surface area contributed by atoms with Gasteiger partial charge < -0.3 is 10.2 Å². The van der Waals surface area contributed by atoms with Gasteiger partial charge in [-0.1, -0.05) is 23.2 Å². The fraction of sp³-hybridized carbons (Fsp3) is 0.545. The summed E-state index contributed by atoms with van der Waals surface area (Å²) >= 11 is 12.2. The first-order valence-corrected chi connectivity index (χ1v) is 8.42. The molecule has 0 saturated carbocycles. The Kier molecular flexibility index (Phi) is 4.13. The zero-order chi connectivity index (χ0) is 14.2. The minimum absolute atomic E-state index is 0.114. The standard InChI is InChI=1S/C11H15Cl2N3O2S/c1-7-6-19(17,18)4-3-16(7)11-9(13)5-8(12)10(14-2)15-11/h5,7H,3-4,6H2,1-2H3,(H,14,15). The molecule has 1 atom stereocenters. The first-order valence-electron chi connectivity index (χ1n) is 5.85. The number of hydrogen-bond acceptors (Lipinski definition) is 5. The molecule has 0 aliphatic carbocycles. The van der Waals surface area contributed by atoms with Crippen molar-refractivity contribution in [3.8, 4) is 0 Å². The van der Waals surface area contributed by atoms with Gasteiger partial charge in [-0.05, 0) is 13.0 Å². The van der Waals surface area contributed by atoms with Gasteiger partial charge in [-0.25, -0.2) is 13.4 Å².